The molecule has 0 aliphatic rings. The zero-order chi connectivity index (χ0) is 15.2. The lowest BCUT2D eigenvalue weighted by Crippen LogP contribution is -1.98. The second-order valence-corrected chi connectivity index (χ2v) is 5.06. The molecule has 7 heteroatoms. The molecule has 1 heterocycles. The molecule has 0 atom stereocenters. The minimum Gasteiger partial charge on any atom is -0.481 e. The number of hydrogen-bond acceptors (Lipinski definition) is 5. The van der Waals surface area contributed by atoms with Crippen LogP contribution in [-0.2, 0) is 11.4 Å². The van der Waals surface area contributed by atoms with Crippen molar-refractivity contribution in [3.05, 3.63) is 62.3 Å². The second kappa shape index (κ2) is 6.67. The minimum absolute atomic E-state index is 0.154. The summed E-state index contributed by atoms with van der Waals surface area (Å²) in [6.07, 6.45) is 2.21. The van der Waals surface area contributed by atoms with Gasteiger partial charge in [-0.15, -0.1) is 11.3 Å². The number of nitro benzene ring substituents is 1. The van der Waals surface area contributed by atoms with Crippen LogP contribution in [0.1, 0.15) is 10.4 Å². The first-order valence-electron chi connectivity index (χ1n) is 5.91. The lowest BCUT2D eigenvalue weighted by atomic mass is 10.1. The molecule has 0 fully saturated rings. The first-order valence-corrected chi connectivity index (χ1v) is 6.79. The molecule has 1 aromatic carbocycles. The highest BCUT2D eigenvalue weighted by Gasteiger charge is 2.15. The van der Waals surface area contributed by atoms with Crippen molar-refractivity contribution in [2.24, 2.45) is 0 Å². The molecular formula is C14H11NO5S. The van der Waals surface area contributed by atoms with Crippen molar-refractivity contribution in [2.45, 2.75) is 6.61 Å². The van der Waals surface area contributed by atoms with Crippen LogP contribution >= 0.6 is 11.3 Å². The Kier molecular flexibility index (Phi) is 4.68. The molecule has 2 rings (SSSR count). The van der Waals surface area contributed by atoms with Gasteiger partial charge in [0.2, 0.25) is 0 Å². The number of rotatable bonds is 6. The minimum atomic E-state index is -1.12. The van der Waals surface area contributed by atoms with Gasteiger partial charge in [-0.3, -0.25) is 10.1 Å². The summed E-state index contributed by atoms with van der Waals surface area (Å²) in [5.41, 5.74) is 0.228. The van der Waals surface area contributed by atoms with Crippen LogP contribution < -0.4 is 4.74 Å². The fourth-order valence-electron chi connectivity index (χ4n) is 1.61. The van der Waals surface area contributed by atoms with E-state index < -0.39 is 10.9 Å². The monoisotopic (exact) mass is 305 g/mol. The molecule has 0 aliphatic carbocycles. The molecule has 0 saturated carbocycles. The van der Waals surface area contributed by atoms with Crippen molar-refractivity contribution in [1.29, 1.82) is 0 Å². The molecule has 2 aromatic rings. The fourth-order valence-corrected chi connectivity index (χ4v) is 2.23. The maximum Gasteiger partial charge on any atom is 0.328 e. The van der Waals surface area contributed by atoms with Gasteiger partial charge in [0.25, 0.3) is 0 Å². The molecule has 0 bridgehead atoms. The van der Waals surface area contributed by atoms with E-state index in [0.717, 1.165) is 11.0 Å². The van der Waals surface area contributed by atoms with Crippen molar-refractivity contribution in [3.8, 4) is 5.75 Å². The van der Waals surface area contributed by atoms with E-state index >= 15 is 0 Å². The predicted octanol–water partition coefficient (Wildman–Crippen LogP) is 3.33. The van der Waals surface area contributed by atoms with E-state index in [1.165, 1.54) is 29.5 Å². The largest absolute Gasteiger partial charge is 0.481 e. The van der Waals surface area contributed by atoms with Gasteiger partial charge in [-0.2, -0.15) is 0 Å². The topological polar surface area (TPSA) is 89.7 Å². The molecular weight excluding hydrogens is 294 g/mol. The van der Waals surface area contributed by atoms with Crippen molar-refractivity contribution in [1.82, 2.24) is 0 Å². The molecule has 6 nitrogen and oxygen atoms in total. The number of carboxylic acid groups (broad SMARTS) is 1. The zero-order valence-corrected chi connectivity index (χ0v) is 11.6. The normalized spacial score (nSPS) is 10.7. The fraction of sp³-hybridized carbons (Fsp3) is 0.0714. The summed E-state index contributed by atoms with van der Waals surface area (Å²) in [6.45, 7) is 0.253. The Hall–Kier alpha value is -2.67. The summed E-state index contributed by atoms with van der Waals surface area (Å²) in [4.78, 5) is 21.9. The number of nitro groups is 1. The standard InChI is InChI=1S/C14H11NO5S/c16-14(17)6-4-10-3-5-13(12(8-10)15(18)19)20-9-11-2-1-7-21-11/h1-8H,9H2,(H,16,17)/b6-4+. The van der Waals surface area contributed by atoms with E-state index in [2.05, 4.69) is 0 Å². The van der Waals surface area contributed by atoms with Crippen LogP contribution in [-0.4, -0.2) is 16.0 Å². The van der Waals surface area contributed by atoms with E-state index in [4.69, 9.17) is 9.84 Å². The molecule has 1 aromatic heterocycles. The summed E-state index contributed by atoms with van der Waals surface area (Å²) < 4.78 is 5.45. The zero-order valence-electron chi connectivity index (χ0n) is 10.8. The molecule has 0 radical (unpaired) electrons. The van der Waals surface area contributed by atoms with Crippen LogP contribution in [0, 0.1) is 10.1 Å². The van der Waals surface area contributed by atoms with Crippen molar-refractivity contribution >= 4 is 29.1 Å². The van der Waals surface area contributed by atoms with Gasteiger partial charge in [0.15, 0.2) is 5.75 Å². The maximum atomic E-state index is 11.1. The number of nitrogens with zero attached hydrogens (tertiary/aromatic N) is 1. The maximum absolute atomic E-state index is 11.1. The van der Waals surface area contributed by atoms with Crippen molar-refractivity contribution in [2.75, 3.05) is 0 Å². The Balaban J connectivity index is 2.20. The van der Waals surface area contributed by atoms with E-state index in [1.54, 1.807) is 6.07 Å². The molecule has 0 saturated heterocycles. The quantitative estimate of drug-likeness (QED) is 0.502. The first-order chi connectivity index (χ1) is 10.1. The third kappa shape index (κ3) is 4.15. The predicted molar refractivity (Wildman–Crippen MR) is 78.4 cm³/mol. The van der Waals surface area contributed by atoms with Gasteiger partial charge in [0, 0.05) is 17.0 Å². The summed E-state index contributed by atoms with van der Waals surface area (Å²) >= 11 is 1.50. The van der Waals surface area contributed by atoms with Crippen LogP contribution in [0.4, 0.5) is 5.69 Å². The average molecular weight is 305 g/mol. The van der Waals surface area contributed by atoms with E-state index in [1.807, 2.05) is 17.5 Å². The Morgan fingerprint density at radius 2 is 2.24 bits per heavy atom. The van der Waals surface area contributed by atoms with Crippen LogP contribution in [0.15, 0.2) is 41.8 Å². The van der Waals surface area contributed by atoms with Crippen LogP contribution in [0.3, 0.4) is 0 Å². The lowest BCUT2D eigenvalue weighted by Gasteiger charge is -2.06. The number of ether oxygens (including phenoxy) is 1. The summed E-state index contributed by atoms with van der Waals surface area (Å²) in [7, 11) is 0. The van der Waals surface area contributed by atoms with Gasteiger partial charge in [0.1, 0.15) is 6.61 Å². The Labute approximate surface area is 124 Å². The highest BCUT2D eigenvalue weighted by atomic mass is 32.1. The number of benzene rings is 1. The highest BCUT2D eigenvalue weighted by molar-refractivity contribution is 7.09. The van der Waals surface area contributed by atoms with Gasteiger partial charge >= 0.3 is 11.7 Å². The van der Waals surface area contributed by atoms with Crippen molar-refractivity contribution in [3.63, 3.8) is 0 Å². The summed E-state index contributed by atoms with van der Waals surface area (Å²) in [6, 6.07) is 8.06. The van der Waals surface area contributed by atoms with Gasteiger partial charge in [-0.1, -0.05) is 12.1 Å². The second-order valence-electron chi connectivity index (χ2n) is 4.02. The molecule has 0 spiro atoms. The number of aliphatic carboxylic acids is 1. The number of thiophene rings is 1. The Morgan fingerprint density at radius 3 is 2.86 bits per heavy atom. The highest BCUT2D eigenvalue weighted by Crippen LogP contribution is 2.29. The molecule has 108 valence electrons. The van der Waals surface area contributed by atoms with E-state index in [9.17, 15) is 14.9 Å². The van der Waals surface area contributed by atoms with Gasteiger partial charge in [0.05, 0.1) is 4.92 Å². The third-order valence-corrected chi connectivity index (χ3v) is 3.40. The van der Waals surface area contributed by atoms with Gasteiger partial charge in [-0.05, 0) is 29.2 Å². The molecule has 0 unspecified atom stereocenters. The summed E-state index contributed by atoms with van der Waals surface area (Å²) in [5.74, 6) is -0.962. The lowest BCUT2D eigenvalue weighted by molar-refractivity contribution is -0.386. The van der Waals surface area contributed by atoms with Crippen LogP contribution in [0.5, 0.6) is 5.75 Å². The SMILES string of the molecule is O=C(O)/C=C/c1ccc(OCc2cccs2)c([N+](=O)[O-])c1. The van der Waals surface area contributed by atoms with Crippen molar-refractivity contribution < 1.29 is 19.6 Å². The van der Waals surface area contributed by atoms with Crippen LogP contribution in [0.2, 0.25) is 0 Å². The number of carbonyl (C=O) groups is 1. The summed E-state index contributed by atoms with van der Waals surface area (Å²) in [5, 5.41) is 21.5. The molecule has 21 heavy (non-hydrogen) atoms. The van der Waals surface area contributed by atoms with E-state index in [-0.39, 0.29) is 18.0 Å². The first kappa shape index (κ1) is 14.7. The third-order valence-electron chi connectivity index (χ3n) is 2.55. The van der Waals surface area contributed by atoms with Gasteiger partial charge < -0.3 is 9.84 Å². The number of hydrogen-bond donors (Lipinski definition) is 1. The smallest absolute Gasteiger partial charge is 0.328 e. The number of carboxylic acids is 1. The molecule has 0 aliphatic heterocycles. The van der Waals surface area contributed by atoms with E-state index in [0.29, 0.717) is 5.56 Å². The molecule has 1 N–H and O–H groups in total. The van der Waals surface area contributed by atoms with Crippen LogP contribution in [0.25, 0.3) is 6.08 Å². The molecule has 0 amide bonds. The Morgan fingerprint density at radius 1 is 1.43 bits per heavy atom. The average Bonchev–Trinajstić information content (AvgIpc) is 2.96. The Bertz CT molecular complexity index is 679. The van der Waals surface area contributed by atoms with Gasteiger partial charge in [-0.25, -0.2) is 4.79 Å².